The maximum atomic E-state index is 12.0. The van der Waals surface area contributed by atoms with Crippen molar-refractivity contribution in [3.8, 4) is 6.07 Å². The summed E-state index contributed by atoms with van der Waals surface area (Å²) in [5, 5.41) is 12.5. The van der Waals surface area contributed by atoms with Gasteiger partial charge in [-0.05, 0) is 30.5 Å². The lowest BCUT2D eigenvalue weighted by atomic mass is 10.1. The summed E-state index contributed by atoms with van der Waals surface area (Å²) in [6.45, 7) is 1.13. The first-order chi connectivity index (χ1) is 10.1. The van der Waals surface area contributed by atoms with Gasteiger partial charge in [0.05, 0.1) is 16.1 Å². The average Bonchev–Trinajstić information content (AvgIpc) is 2.99. The van der Waals surface area contributed by atoms with E-state index in [0.717, 1.165) is 19.4 Å². The van der Waals surface area contributed by atoms with E-state index in [2.05, 4.69) is 5.32 Å². The Balaban J connectivity index is 2.07. The van der Waals surface area contributed by atoms with E-state index in [9.17, 15) is 4.79 Å². The second kappa shape index (κ2) is 7.46. The highest BCUT2D eigenvalue weighted by molar-refractivity contribution is 6.43. The second-order valence-corrected chi connectivity index (χ2v) is 5.44. The van der Waals surface area contributed by atoms with E-state index in [1.165, 1.54) is 6.08 Å². The summed E-state index contributed by atoms with van der Waals surface area (Å²) < 4.78 is 5.41. The number of carbonyl (C=O) groups excluding carboxylic acids is 1. The quantitative estimate of drug-likeness (QED) is 0.683. The van der Waals surface area contributed by atoms with E-state index in [0.29, 0.717) is 22.2 Å². The zero-order valence-electron chi connectivity index (χ0n) is 11.2. The third-order valence-electron chi connectivity index (χ3n) is 3.16. The van der Waals surface area contributed by atoms with Crippen LogP contribution in [-0.4, -0.2) is 25.2 Å². The van der Waals surface area contributed by atoms with Gasteiger partial charge < -0.3 is 10.1 Å². The molecule has 1 heterocycles. The molecule has 1 aliphatic rings. The first-order valence-corrected chi connectivity index (χ1v) is 7.33. The predicted octanol–water partition coefficient (Wildman–Crippen LogP) is 3.20. The van der Waals surface area contributed by atoms with E-state index in [1.807, 2.05) is 6.07 Å². The molecular formula is C15H14Cl2N2O2. The highest BCUT2D eigenvalue weighted by Gasteiger charge is 2.17. The van der Waals surface area contributed by atoms with Gasteiger partial charge in [0.2, 0.25) is 0 Å². The number of rotatable bonds is 4. The number of halogens is 2. The molecular weight excluding hydrogens is 311 g/mol. The lowest BCUT2D eigenvalue weighted by Crippen LogP contribution is -2.32. The highest BCUT2D eigenvalue weighted by atomic mass is 35.5. The van der Waals surface area contributed by atoms with Crippen LogP contribution in [0.1, 0.15) is 18.4 Å². The van der Waals surface area contributed by atoms with E-state index in [1.54, 1.807) is 18.2 Å². The maximum Gasteiger partial charge on any atom is 0.262 e. The molecule has 1 aromatic carbocycles. The van der Waals surface area contributed by atoms with Crippen LogP contribution in [-0.2, 0) is 9.53 Å². The number of nitrogens with zero attached hydrogens (tertiary/aromatic N) is 1. The van der Waals surface area contributed by atoms with Gasteiger partial charge in [-0.3, -0.25) is 4.79 Å². The van der Waals surface area contributed by atoms with Gasteiger partial charge in [0.25, 0.3) is 5.91 Å². The van der Waals surface area contributed by atoms with Crippen molar-refractivity contribution < 1.29 is 9.53 Å². The van der Waals surface area contributed by atoms with Crippen molar-refractivity contribution in [2.75, 3.05) is 13.2 Å². The number of hydrogen-bond donors (Lipinski definition) is 1. The summed E-state index contributed by atoms with van der Waals surface area (Å²) in [5.41, 5.74) is 0.519. The molecule has 1 saturated heterocycles. The molecule has 6 heteroatoms. The number of carbonyl (C=O) groups is 1. The van der Waals surface area contributed by atoms with E-state index < -0.39 is 5.91 Å². The van der Waals surface area contributed by atoms with Gasteiger partial charge in [-0.25, -0.2) is 0 Å². The number of hydrogen-bond acceptors (Lipinski definition) is 3. The van der Waals surface area contributed by atoms with Gasteiger partial charge in [-0.15, -0.1) is 0 Å². The van der Waals surface area contributed by atoms with Crippen LogP contribution >= 0.6 is 23.2 Å². The minimum Gasteiger partial charge on any atom is -0.376 e. The van der Waals surface area contributed by atoms with Crippen LogP contribution in [0.2, 0.25) is 10.0 Å². The van der Waals surface area contributed by atoms with Crippen LogP contribution in [0.25, 0.3) is 6.08 Å². The minimum absolute atomic E-state index is 0.0165. The maximum absolute atomic E-state index is 12.0. The van der Waals surface area contributed by atoms with Crippen LogP contribution in [0, 0.1) is 11.3 Å². The first kappa shape index (κ1) is 15.8. The molecule has 110 valence electrons. The lowest BCUT2D eigenvalue weighted by molar-refractivity contribution is -0.117. The Labute approximate surface area is 133 Å². The topological polar surface area (TPSA) is 62.1 Å². The van der Waals surface area contributed by atoms with Crippen molar-refractivity contribution in [3.63, 3.8) is 0 Å². The minimum atomic E-state index is -0.441. The van der Waals surface area contributed by atoms with Gasteiger partial charge in [0, 0.05) is 13.2 Å². The largest absolute Gasteiger partial charge is 0.376 e. The summed E-state index contributed by atoms with van der Waals surface area (Å²) in [6, 6.07) is 6.92. The molecule has 1 aliphatic heterocycles. The van der Waals surface area contributed by atoms with Crippen LogP contribution in [0.4, 0.5) is 0 Å². The van der Waals surface area contributed by atoms with Crippen molar-refractivity contribution in [2.24, 2.45) is 0 Å². The van der Waals surface area contributed by atoms with Crippen molar-refractivity contribution in [3.05, 3.63) is 39.4 Å². The van der Waals surface area contributed by atoms with Crippen LogP contribution in [0.3, 0.4) is 0 Å². The fourth-order valence-corrected chi connectivity index (χ4v) is 2.41. The fraction of sp³-hybridized carbons (Fsp3) is 0.333. The van der Waals surface area contributed by atoms with Crippen LogP contribution in [0.15, 0.2) is 23.8 Å². The molecule has 0 radical (unpaired) electrons. The average molecular weight is 325 g/mol. The molecule has 0 unspecified atom stereocenters. The van der Waals surface area contributed by atoms with E-state index in [4.69, 9.17) is 33.2 Å². The molecule has 1 amide bonds. The Hall–Kier alpha value is -1.54. The van der Waals surface area contributed by atoms with Crippen molar-refractivity contribution in [2.45, 2.75) is 18.9 Å². The van der Waals surface area contributed by atoms with Gasteiger partial charge in [-0.1, -0.05) is 35.3 Å². The number of nitrogens with one attached hydrogen (secondary N) is 1. The monoisotopic (exact) mass is 324 g/mol. The summed E-state index contributed by atoms with van der Waals surface area (Å²) >= 11 is 11.9. The van der Waals surface area contributed by atoms with Gasteiger partial charge in [0.15, 0.2) is 0 Å². The molecule has 0 spiro atoms. The molecule has 0 saturated carbocycles. The SMILES string of the molecule is N#C/C(=C\c1cccc(Cl)c1Cl)C(=O)NC[C@@H]1CCCO1. The van der Waals surface area contributed by atoms with Crippen LogP contribution in [0.5, 0.6) is 0 Å². The standard InChI is InChI=1S/C15H14Cl2N2O2/c16-13-5-1-3-10(14(13)17)7-11(8-18)15(20)19-9-12-4-2-6-21-12/h1,3,5,7,12H,2,4,6,9H2,(H,19,20)/b11-7+/t12-/m0/s1. The Kier molecular flexibility index (Phi) is 5.63. The van der Waals surface area contributed by atoms with Crippen molar-refractivity contribution in [1.29, 1.82) is 5.26 Å². The molecule has 1 fully saturated rings. The fourth-order valence-electron chi connectivity index (χ4n) is 2.04. The number of benzene rings is 1. The Morgan fingerprint density at radius 3 is 3.00 bits per heavy atom. The zero-order chi connectivity index (χ0) is 15.2. The predicted molar refractivity (Wildman–Crippen MR) is 82.0 cm³/mol. The summed E-state index contributed by atoms with van der Waals surface area (Å²) in [7, 11) is 0. The summed E-state index contributed by atoms with van der Waals surface area (Å²) in [4.78, 5) is 12.0. The van der Waals surface area contributed by atoms with Gasteiger partial charge in [0.1, 0.15) is 11.6 Å². The molecule has 2 rings (SSSR count). The third-order valence-corrected chi connectivity index (χ3v) is 3.99. The van der Waals surface area contributed by atoms with E-state index in [-0.39, 0.29) is 11.7 Å². The Morgan fingerprint density at radius 2 is 2.33 bits per heavy atom. The normalized spacial score (nSPS) is 18.3. The smallest absolute Gasteiger partial charge is 0.262 e. The Bertz CT molecular complexity index is 602. The third kappa shape index (κ3) is 4.21. The van der Waals surface area contributed by atoms with Crippen molar-refractivity contribution >= 4 is 35.2 Å². The molecule has 0 aromatic heterocycles. The lowest BCUT2D eigenvalue weighted by Gasteiger charge is -2.10. The molecule has 0 aliphatic carbocycles. The molecule has 1 aromatic rings. The van der Waals surface area contributed by atoms with Gasteiger partial charge in [-0.2, -0.15) is 5.26 Å². The number of nitriles is 1. The summed E-state index contributed by atoms with van der Waals surface area (Å²) in [5.74, 6) is -0.441. The van der Waals surface area contributed by atoms with Gasteiger partial charge >= 0.3 is 0 Å². The highest BCUT2D eigenvalue weighted by Crippen LogP contribution is 2.27. The summed E-state index contributed by atoms with van der Waals surface area (Å²) in [6.07, 6.45) is 3.38. The molecule has 1 atom stereocenters. The zero-order valence-corrected chi connectivity index (χ0v) is 12.7. The number of amides is 1. The second-order valence-electron chi connectivity index (χ2n) is 4.66. The molecule has 21 heavy (non-hydrogen) atoms. The Morgan fingerprint density at radius 1 is 1.52 bits per heavy atom. The number of ether oxygens (including phenoxy) is 1. The molecule has 4 nitrogen and oxygen atoms in total. The van der Waals surface area contributed by atoms with Crippen molar-refractivity contribution in [1.82, 2.24) is 5.32 Å². The van der Waals surface area contributed by atoms with Crippen LogP contribution < -0.4 is 5.32 Å². The van der Waals surface area contributed by atoms with E-state index >= 15 is 0 Å². The molecule has 1 N–H and O–H groups in total. The molecule has 0 bridgehead atoms. The first-order valence-electron chi connectivity index (χ1n) is 6.57.